The first-order valence-electron chi connectivity index (χ1n) is 11.0. The third kappa shape index (κ3) is 7.80. The van der Waals surface area contributed by atoms with Crippen LogP contribution in [0.4, 0.5) is 10.1 Å². The average molecular weight is 556 g/mol. The lowest BCUT2D eigenvalue weighted by molar-refractivity contribution is -0.140. The van der Waals surface area contributed by atoms with Crippen molar-refractivity contribution in [1.82, 2.24) is 10.2 Å². The summed E-state index contributed by atoms with van der Waals surface area (Å²) in [5.74, 6) is -1.27. The molecule has 34 heavy (non-hydrogen) atoms. The largest absolute Gasteiger partial charge is 0.352 e. The molecule has 0 saturated heterocycles. The van der Waals surface area contributed by atoms with Crippen molar-refractivity contribution in [3.63, 3.8) is 0 Å². The Morgan fingerprint density at radius 3 is 2.12 bits per heavy atom. The third-order valence-corrected chi connectivity index (χ3v) is 7.12. The molecular formula is C24H31BrFN3O4S. The lowest BCUT2D eigenvalue weighted by Gasteiger charge is -2.33. The highest BCUT2D eigenvalue weighted by atomic mass is 79.9. The summed E-state index contributed by atoms with van der Waals surface area (Å²) < 4.78 is 40.3. The molecule has 0 aliphatic rings. The minimum absolute atomic E-state index is 0.0312. The van der Waals surface area contributed by atoms with Crippen molar-refractivity contribution in [3.05, 3.63) is 64.4 Å². The van der Waals surface area contributed by atoms with Gasteiger partial charge in [-0.05, 0) is 61.7 Å². The molecular weight excluding hydrogens is 525 g/mol. The van der Waals surface area contributed by atoms with Gasteiger partial charge in [-0.15, -0.1) is 0 Å². The molecule has 0 saturated carbocycles. The molecule has 0 radical (unpaired) electrons. The molecule has 0 unspecified atom stereocenters. The van der Waals surface area contributed by atoms with E-state index in [1.54, 1.807) is 31.2 Å². The molecule has 0 heterocycles. The average Bonchev–Trinajstić information content (AvgIpc) is 2.78. The number of anilines is 1. The van der Waals surface area contributed by atoms with Gasteiger partial charge in [0.05, 0.1) is 11.9 Å². The molecule has 0 spiro atoms. The molecule has 0 bridgehead atoms. The molecule has 0 aliphatic heterocycles. The Morgan fingerprint density at radius 1 is 1.03 bits per heavy atom. The van der Waals surface area contributed by atoms with Gasteiger partial charge in [0.15, 0.2) is 0 Å². The smallest absolute Gasteiger partial charge is 0.244 e. The van der Waals surface area contributed by atoms with E-state index in [0.717, 1.165) is 21.5 Å². The monoisotopic (exact) mass is 555 g/mol. The van der Waals surface area contributed by atoms with Crippen molar-refractivity contribution >= 4 is 43.5 Å². The second kappa shape index (κ2) is 12.3. The second-order valence-electron chi connectivity index (χ2n) is 8.14. The molecule has 10 heteroatoms. The molecule has 2 aromatic rings. The molecule has 186 valence electrons. The molecule has 2 amide bonds. The number of benzene rings is 2. The van der Waals surface area contributed by atoms with Crippen molar-refractivity contribution < 1.29 is 22.4 Å². The summed E-state index contributed by atoms with van der Waals surface area (Å²) in [5, 5.41) is 2.90. The maximum absolute atomic E-state index is 13.5. The number of rotatable bonds is 11. The zero-order valence-electron chi connectivity index (χ0n) is 19.8. The van der Waals surface area contributed by atoms with Crippen molar-refractivity contribution in [2.45, 2.75) is 52.2 Å². The Labute approximate surface area is 209 Å². The summed E-state index contributed by atoms with van der Waals surface area (Å²) >= 11 is 3.32. The van der Waals surface area contributed by atoms with Crippen LogP contribution in [0.3, 0.4) is 0 Å². The van der Waals surface area contributed by atoms with Gasteiger partial charge in [-0.1, -0.05) is 41.9 Å². The van der Waals surface area contributed by atoms with Crippen LogP contribution in [0.25, 0.3) is 0 Å². The van der Waals surface area contributed by atoms with Gasteiger partial charge in [-0.25, -0.2) is 12.8 Å². The topological polar surface area (TPSA) is 86.8 Å². The summed E-state index contributed by atoms with van der Waals surface area (Å²) in [4.78, 5) is 27.9. The van der Waals surface area contributed by atoms with Crippen LogP contribution in [0.2, 0.25) is 0 Å². The fourth-order valence-electron chi connectivity index (χ4n) is 3.37. The fraction of sp³-hybridized carbons (Fsp3) is 0.417. The third-order valence-electron chi connectivity index (χ3n) is 5.45. The van der Waals surface area contributed by atoms with E-state index in [0.29, 0.717) is 17.7 Å². The molecule has 0 aromatic heterocycles. The predicted octanol–water partition coefficient (Wildman–Crippen LogP) is 4.08. The lowest BCUT2D eigenvalue weighted by Crippen LogP contribution is -2.53. The quantitative estimate of drug-likeness (QED) is 0.452. The van der Waals surface area contributed by atoms with Crippen LogP contribution in [0.15, 0.2) is 53.0 Å². The number of carbonyl (C=O) groups is 2. The minimum atomic E-state index is -3.79. The van der Waals surface area contributed by atoms with Gasteiger partial charge in [-0.2, -0.15) is 0 Å². The van der Waals surface area contributed by atoms with Crippen LogP contribution >= 0.6 is 15.9 Å². The zero-order chi connectivity index (χ0) is 25.5. The molecule has 2 atom stereocenters. The number of nitrogens with zero attached hydrogens (tertiary/aromatic N) is 2. The molecule has 0 fully saturated rings. The van der Waals surface area contributed by atoms with Gasteiger partial charge in [0.1, 0.15) is 18.4 Å². The number of hydrogen-bond donors (Lipinski definition) is 1. The van der Waals surface area contributed by atoms with Crippen molar-refractivity contribution in [2.24, 2.45) is 0 Å². The highest BCUT2D eigenvalue weighted by Gasteiger charge is 2.32. The van der Waals surface area contributed by atoms with Gasteiger partial charge < -0.3 is 10.2 Å². The van der Waals surface area contributed by atoms with E-state index in [4.69, 9.17) is 0 Å². The van der Waals surface area contributed by atoms with Crippen LogP contribution in [-0.2, 0) is 26.2 Å². The number of sulfonamides is 1. The summed E-state index contributed by atoms with van der Waals surface area (Å²) in [5.41, 5.74) is 0.956. The molecule has 2 aromatic carbocycles. The first kappa shape index (κ1) is 27.8. The standard InChI is InChI=1S/C24H31BrFN3O4S/c1-5-17(3)27-24(31)22(6-2)28(15-18-7-11-20(26)12-8-18)23(30)16-29(34(4,32)33)21-13-9-19(25)10-14-21/h7-14,17,22H,5-6,15-16H2,1-4H3,(H,27,31)/t17-,22+/m0/s1. The highest BCUT2D eigenvalue weighted by molar-refractivity contribution is 9.10. The number of halogens is 2. The van der Waals surface area contributed by atoms with E-state index in [-0.39, 0.29) is 18.5 Å². The van der Waals surface area contributed by atoms with Crippen LogP contribution in [0.5, 0.6) is 0 Å². The van der Waals surface area contributed by atoms with E-state index in [1.165, 1.54) is 29.2 Å². The van der Waals surface area contributed by atoms with Gasteiger partial charge in [0, 0.05) is 17.1 Å². The van der Waals surface area contributed by atoms with E-state index in [1.807, 2.05) is 13.8 Å². The Kier molecular flexibility index (Phi) is 10.1. The first-order valence-corrected chi connectivity index (χ1v) is 13.7. The van der Waals surface area contributed by atoms with Gasteiger partial charge in [-0.3, -0.25) is 13.9 Å². The van der Waals surface area contributed by atoms with Gasteiger partial charge in [0.2, 0.25) is 21.8 Å². The van der Waals surface area contributed by atoms with Crippen molar-refractivity contribution in [2.75, 3.05) is 17.1 Å². The van der Waals surface area contributed by atoms with Crippen LogP contribution in [0, 0.1) is 5.82 Å². The minimum Gasteiger partial charge on any atom is -0.352 e. The Bertz CT molecular complexity index is 1080. The maximum Gasteiger partial charge on any atom is 0.244 e. The first-order chi connectivity index (χ1) is 16.0. The second-order valence-corrected chi connectivity index (χ2v) is 11.0. The summed E-state index contributed by atoms with van der Waals surface area (Å²) in [6.07, 6.45) is 2.07. The summed E-state index contributed by atoms with van der Waals surface area (Å²) in [7, 11) is -3.79. The van der Waals surface area contributed by atoms with E-state index in [2.05, 4.69) is 21.2 Å². The van der Waals surface area contributed by atoms with Crippen LogP contribution < -0.4 is 9.62 Å². The maximum atomic E-state index is 13.5. The Hall–Kier alpha value is -2.46. The van der Waals surface area contributed by atoms with Crippen LogP contribution in [-0.4, -0.2) is 50.0 Å². The normalized spacial score (nSPS) is 13.1. The van der Waals surface area contributed by atoms with Crippen molar-refractivity contribution in [1.29, 1.82) is 0 Å². The lowest BCUT2D eigenvalue weighted by atomic mass is 10.1. The number of carbonyl (C=O) groups excluding carboxylic acids is 2. The Balaban J connectivity index is 2.41. The van der Waals surface area contributed by atoms with Crippen LogP contribution in [0.1, 0.15) is 39.2 Å². The van der Waals surface area contributed by atoms with Gasteiger partial charge >= 0.3 is 0 Å². The molecule has 2 rings (SSSR count). The number of amides is 2. The molecule has 0 aliphatic carbocycles. The fourth-order valence-corrected chi connectivity index (χ4v) is 4.48. The summed E-state index contributed by atoms with van der Waals surface area (Å²) in [6, 6.07) is 11.3. The van der Waals surface area contributed by atoms with Crippen molar-refractivity contribution in [3.8, 4) is 0 Å². The number of hydrogen-bond acceptors (Lipinski definition) is 4. The number of nitrogens with one attached hydrogen (secondary N) is 1. The predicted molar refractivity (Wildman–Crippen MR) is 135 cm³/mol. The van der Waals surface area contributed by atoms with E-state index < -0.39 is 34.3 Å². The molecule has 7 nitrogen and oxygen atoms in total. The highest BCUT2D eigenvalue weighted by Crippen LogP contribution is 2.22. The SMILES string of the molecule is CC[C@H](C(=O)N[C@@H](C)CC)N(Cc1ccc(F)cc1)C(=O)CN(c1ccc(Br)cc1)S(C)(=O)=O. The van der Waals surface area contributed by atoms with Gasteiger partial charge in [0.25, 0.3) is 0 Å². The summed E-state index contributed by atoms with van der Waals surface area (Å²) in [6.45, 7) is 5.15. The van der Waals surface area contributed by atoms with E-state index >= 15 is 0 Å². The van der Waals surface area contributed by atoms with E-state index in [9.17, 15) is 22.4 Å². The Morgan fingerprint density at radius 2 is 1.62 bits per heavy atom. The zero-order valence-corrected chi connectivity index (χ0v) is 22.2. The molecule has 1 N–H and O–H groups in total.